The minimum absolute atomic E-state index is 0.471. The van der Waals surface area contributed by atoms with Crippen LogP contribution in [0.4, 0.5) is 4.39 Å². The van der Waals surface area contributed by atoms with Gasteiger partial charge < -0.3 is 0 Å². The highest BCUT2D eigenvalue weighted by Gasteiger charge is 2.00. The first-order chi connectivity index (χ1) is 5.27. The van der Waals surface area contributed by atoms with Crippen molar-refractivity contribution in [2.24, 2.45) is 7.05 Å². The van der Waals surface area contributed by atoms with Crippen molar-refractivity contribution in [1.82, 2.24) is 14.8 Å². The molecule has 0 atom stereocenters. The Kier molecular flexibility index (Phi) is 1.15. The molecule has 0 bridgehead atoms. The largest absolute Gasteiger partial charge is 0.250 e. The van der Waals surface area contributed by atoms with E-state index in [1.165, 1.54) is 6.07 Å². The maximum absolute atomic E-state index is 12.5. The molecular formula is C7H6FN3. The Balaban J connectivity index is 2.87. The lowest BCUT2D eigenvalue weighted by Gasteiger charge is -1.91. The van der Waals surface area contributed by atoms with Crippen LogP contribution < -0.4 is 0 Å². The molecule has 0 radical (unpaired) electrons. The van der Waals surface area contributed by atoms with Crippen molar-refractivity contribution in [3.8, 4) is 0 Å². The van der Waals surface area contributed by atoms with E-state index < -0.39 is 5.95 Å². The van der Waals surface area contributed by atoms with Crippen LogP contribution in [0.2, 0.25) is 0 Å². The Morgan fingerprint density at radius 3 is 3.09 bits per heavy atom. The first-order valence-corrected chi connectivity index (χ1v) is 3.21. The molecule has 0 amide bonds. The number of halogens is 1. The monoisotopic (exact) mass is 151 g/mol. The van der Waals surface area contributed by atoms with Gasteiger partial charge in [0.2, 0.25) is 5.95 Å². The minimum atomic E-state index is -0.471. The number of aryl methyl sites for hydroxylation is 1. The van der Waals surface area contributed by atoms with Crippen molar-refractivity contribution in [1.29, 1.82) is 0 Å². The highest BCUT2D eigenvalue weighted by Crippen LogP contribution is 2.09. The molecule has 2 aromatic heterocycles. The number of fused-ring (bicyclic) bond motifs is 1. The standard InChI is InChI=1S/C7H6FN3/c1-11-7-5(4-9-11)2-3-6(8)10-7/h2-4H,1H3. The Morgan fingerprint density at radius 2 is 2.27 bits per heavy atom. The molecule has 0 saturated heterocycles. The van der Waals surface area contributed by atoms with Crippen molar-refractivity contribution in [2.75, 3.05) is 0 Å². The van der Waals surface area contributed by atoms with Crippen molar-refractivity contribution >= 4 is 11.0 Å². The maximum Gasteiger partial charge on any atom is 0.214 e. The van der Waals surface area contributed by atoms with Gasteiger partial charge in [-0.3, -0.25) is 4.68 Å². The molecule has 4 heteroatoms. The lowest BCUT2D eigenvalue weighted by atomic mass is 10.4. The normalized spacial score (nSPS) is 10.7. The summed E-state index contributed by atoms with van der Waals surface area (Å²) in [6.07, 6.45) is 1.65. The van der Waals surface area contributed by atoms with Crippen molar-refractivity contribution < 1.29 is 4.39 Å². The Morgan fingerprint density at radius 1 is 1.45 bits per heavy atom. The summed E-state index contributed by atoms with van der Waals surface area (Å²) in [7, 11) is 1.73. The topological polar surface area (TPSA) is 30.7 Å². The van der Waals surface area contributed by atoms with E-state index in [2.05, 4.69) is 10.1 Å². The molecule has 0 aliphatic rings. The molecule has 2 rings (SSSR count). The van der Waals surface area contributed by atoms with Crippen LogP contribution in [0.25, 0.3) is 11.0 Å². The molecule has 0 spiro atoms. The van der Waals surface area contributed by atoms with Crippen LogP contribution in [0, 0.1) is 5.95 Å². The average molecular weight is 151 g/mol. The lowest BCUT2D eigenvalue weighted by molar-refractivity contribution is 0.585. The second kappa shape index (κ2) is 2.02. The minimum Gasteiger partial charge on any atom is -0.250 e. The van der Waals surface area contributed by atoms with E-state index in [0.29, 0.717) is 5.65 Å². The van der Waals surface area contributed by atoms with Gasteiger partial charge in [-0.1, -0.05) is 0 Å². The number of rotatable bonds is 0. The fourth-order valence-corrected chi connectivity index (χ4v) is 1.000. The summed E-state index contributed by atoms with van der Waals surface area (Å²) in [5.41, 5.74) is 0.574. The number of aromatic nitrogens is 3. The van der Waals surface area contributed by atoms with Crippen LogP contribution in [0.5, 0.6) is 0 Å². The maximum atomic E-state index is 12.5. The Hall–Kier alpha value is -1.45. The molecule has 0 unspecified atom stereocenters. The predicted octanol–water partition coefficient (Wildman–Crippen LogP) is 1.11. The summed E-state index contributed by atoms with van der Waals surface area (Å²) in [5.74, 6) is -0.471. The van der Waals surface area contributed by atoms with Gasteiger partial charge in [0.15, 0.2) is 5.65 Å². The number of pyridine rings is 1. The van der Waals surface area contributed by atoms with E-state index in [4.69, 9.17) is 0 Å². The third kappa shape index (κ3) is 0.869. The molecular weight excluding hydrogens is 145 g/mol. The predicted molar refractivity (Wildman–Crippen MR) is 38.5 cm³/mol. The zero-order chi connectivity index (χ0) is 7.84. The van der Waals surface area contributed by atoms with E-state index in [0.717, 1.165) is 5.39 Å². The molecule has 0 aliphatic heterocycles. The first kappa shape index (κ1) is 6.27. The van der Waals surface area contributed by atoms with Gasteiger partial charge in [-0.05, 0) is 12.1 Å². The van der Waals surface area contributed by atoms with E-state index in [9.17, 15) is 4.39 Å². The summed E-state index contributed by atoms with van der Waals surface area (Å²) < 4.78 is 14.1. The molecule has 0 aromatic carbocycles. The van der Waals surface area contributed by atoms with Gasteiger partial charge in [-0.2, -0.15) is 14.5 Å². The quantitative estimate of drug-likeness (QED) is 0.528. The van der Waals surface area contributed by atoms with Gasteiger partial charge in [0.1, 0.15) is 0 Å². The second-order valence-corrected chi connectivity index (χ2v) is 2.31. The van der Waals surface area contributed by atoms with Crippen LogP contribution in [-0.4, -0.2) is 14.8 Å². The number of hydrogen-bond acceptors (Lipinski definition) is 2. The molecule has 3 nitrogen and oxygen atoms in total. The van der Waals surface area contributed by atoms with Crippen LogP contribution >= 0.6 is 0 Å². The molecule has 11 heavy (non-hydrogen) atoms. The SMILES string of the molecule is Cn1ncc2ccc(F)nc21. The number of nitrogens with zero attached hydrogens (tertiary/aromatic N) is 3. The van der Waals surface area contributed by atoms with E-state index in [1.54, 1.807) is 24.0 Å². The first-order valence-electron chi connectivity index (χ1n) is 3.21. The third-order valence-corrected chi connectivity index (χ3v) is 1.55. The zero-order valence-electron chi connectivity index (χ0n) is 5.95. The fraction of sp³-hybridized carbons (Fsp3) is 0.143. The van der Waals surface area contributed by atoms with Crippen molar-refractivity contribution in [2.45, 2.75) is 0 Å². The highest BCUT2D eigenvalue weighted by molar-refractivity contribution is 5.73. The van der Waals surface area contributed by atoms with Gasteiger partial charge in [0.05, 0.1) is 6.20 Å². The highest BCUT2D eigenvalue weighted by atomic mass is 19.1. The van der Waals surface area contributed by atoms with Crippen LogP contribution in [-0.2, 0) is 7.05 Å². The van der Waals surface area contributed by atoms with Crippen LogP contribution in [0.15, 0.2) is 18.3 Å². The summed E-state index contributed by atoms with van der Waals surface area (Å²) in [6, 6.07) is 2.98. The van der Waals surface area contributed by atoms with E-state index in [1.807, 2.05) is 0 Å². The van der Waals surface area contributed by atoms with E-state index in [-0.39, 0.29) is 0 Å². The van der Waals surface area contributed by atoms with Crippen LogP contribution in [0.3, 0.4) is 0 Å². The van der Waals surface area contributed by atoms with Gasteiger partial charge in [-0.25, -0.2) is 0 Å². The smallest absolute Gasteiger partial charge is 0.214 e. The molecule has 0 N–H and O–H groups in total. The summed E-state index contributed by atoms with van der Waals surface area (Å²) in [6.45, 7) is 0. The molecule has 0 fully saturated rings. The molecule has 0 saturated carbocycles. The van der Waals surface area contributed by atoms with Gasteiger partial charge in [0.25, 0.3) is 0 Å². The Bertz CT molecular complexity index is 393. The van der Waals surface area contributed by atoms with E-state index >= 15 is 0 Å². The van der Waals surface area contributed by atoms with Crippen molar-refractivity contribution in [3.05, 3.63) is 24.3 Å². The molecule has 2 heterocycles. The lowest BCUT2D eigenvalue weighted by Crippen LogP contribution is -1.92. The molecule has 56 valence electrons. The zero-order valence-corrected chi connectivity index (χ0v) is 5.95. The van der Waals surface area contributed by atoms with Gasteiger partial charge in [0, 0.05) is 12.4 Å². The Labute approximate surface area is 62.5 Å². The average Bonchev–Trinajstić information content (AvgIpc) is 2.33. The molecule has 2 aromatic rings. The van der Waals surface area contributed by atoms with Gasteiger partial charge >= 0.3 is 0 Å². The van der Waals surface area contributed by atoms with Crippen LogP contribution in [0.1, 0.15) is 0 Å². The third-order valence-electron chi connectivity index (χ3n) is 1.55. The van der Waals surface area contributed by atoms with Gasteiger partial charge in [-0.15, -0.1) is 0 Å². The number of hydrogen-bond donors (Lipinski definition) is 0. The van der Waals surface area contributed by atoms with Crippen molar-refractivity contribution in [3.63, 3.8) is 0 Å². The summed E-state index contributed by atoms with van der Waals surface area (Å²) >= 11 is 0. The second-order valence-electron chi connectivity index (χ2n) is 2.31. The molecule has 0 aliphatic carbocycles. The summed E-state index contributed by atoms with van der Waals surface area (Å²) in [5, 5.41) is 4.78. The summed E-state index contributed by atoms with van der Waals surface area (Å²) in [4.78, 5) is 3.67. The fourth-order valence-electron chi connectivity index (χ4n) is 1.000.